The number of barbiturate groups is 1. The van der Waals surface area contributed by atoms with Gasteiger partial charge in [-0.2, -0.15) is 0 Å². The first-order chi connectivity index (χ1) is 15.2. The summed E-state index contributed by atoms with van der Waals surface area (Å²) in [7, 11) is 0. The molecule has 1 saturated heterocycles. The number of carboxylic acids is 1. The SMILES string of the molecule is O=C1NC(=O)N(c2ccc(Cl)cc2)C(=O)/C1=C/c1ccc(-c2cc(C(=O)O)ccc2Cl)o1. The quantitative estimate of drug-likeness (QED) is 0.424. The van der Waals surface area contributed by atoms with Gasteiger partial charge < -0.3 is 9.52 Å². The van der Waals surface area contributed by atoms with Gasteiger partial charge >= 0.3 is 12.0 Å². The molecule has 0 radical (unpaired) electrons. The molecule has 2 aromatic carbocycles. The first kappa shape index (κ1) is 21.4. The maximum atomic E-state index is 12.9. The number of furan rings is 1. The molecule has 1 fully saturated rings. The Labute approximate surface area is 190 Å². The van der Waals surface area contributed by atoms with Gasteiger partial charge in [-0.15, -0.1) is 0 Å². The van der Waals surface area contributed by atoms with Crippen molar-refractivity contribution in [2.45, 2.75) is 0 Å². The molecule has 4 rings (SSSR count). The fourth-order valence-corrected chi connectivity index (χ4v) is 3.38. The summed E-state index contributed by atoms with van der Waals surface area (Å²) in [6.07, 6.45) is 1.19. The van der Waals surface area contributed by atoms with Gasteiger partial charge in [0.2, 0.25) is 0 Å². The van der Waals surface area contributed by atoms with Crippen LogP contribution in [0.15, 0.2) is 64.6 Å². The van der Waals surface area contributed by atoms with E-state index in [-0.39, 0.29) is 33.4 Å². The lowest BCUT2D eigenvalue weighted by atomic mass is 10.1. The molecule has 2 heterocycles. The number of amides is 4. The third kappa shape index (κ3) is 4.01. The molecule has 0 aliphatic carbocycles. The summed E-state index contributed by atoms with van der Waals surface area (Å²) in [6.45, 7) is 0. The second-order valence-electron chi connectivity index (χ2n) is 6.64. The van der Waals surface area contributed by atoms with E-state index in [4.69, 9.17) is 27.6 Å². The molecular formula is C22H12Cl2N2O6. The summed E-state index contributed by atoms with van der Waals surface area (Å²) in [4.78, 5) is 49.5. The van der Waals surface area contributed by atoms with Gasteiger partial charge in [0.1, 0.15) is 17.1 Å². The zero-order valence-corrected chi connectivity index (χ0v) is 17.5. The summed E-state index contributed by atoms with van der Waals surface area (Å²) < 4.78 is 5.66. The van der Waals surface area contributed by atoms with Crippen molar-refractivity contribution >= 4 is 58.8 Å². The highest BCUT2D eigenvalue weighted by Crippen LogP contribution is 2.31. The second-order valence-corrected chi connectivity index (χ2v) is 7.48. The molecule has 0 spiro atoms. The van der Waals surface area contributed by atoms with E-state index in [1.54, 1.807) is 0 Å². The van der Waals surface area contributed by atoms with Crippen molar-refractivity contribution in [1.29, 1.82) is 0 Å². The van der Waals surface area contributed by atoms with Crippen molar-refractivity contribution in [2.24, 2.45) is 0 Å². The van der Waals surface area contributed by atoms with E-state index in [2.05, 4.69) is 5.32 Å². The Morgan fingerprint density at radius 1 is 1.00 bits per heavy atom. The van der Waals surface area contributed by atoms with Gasteiger partial charge in [0.15, 0.2) is 0 Å². The highest BCUT2D eigenvalue weighted by atomic mass is 35.5. The Bertz CT molecular complexity index is 1310. The monoisotopic (exact) mass is 470 g/mol. The number of carbonyl (C=O) groups is 4. The number of hydrogen-bond acceptors (Lipinski definition) is 5. The molecule has 4 amide bonds. The van der Waals surface area contributed by atoms with E-state index in [1.807, 2.05) is 0 Å². The molecule has 0 saturated carbocycles. The van der Waals surface area contributed by atoms with Crippen molar-refractivity contribution in [3.8, 4) is 11.3 Å². The van der Waals surface area contributed by atoms with Crippen LogP contribution in [0.1, 0.15) is 16.1 Å². The summed E-state index contributed by atoms with van der Waals surface area (Å²) >= 11 is 12.0. The topological polar surface area (TPSA) is 117 Å². The molecule has 0 unspecified atom stereocenters. The molecule has 160 valence electrons. The summed E-state index contributed by atoms with van der Waals surface area (Å²) in [6, 6.07) is 12.2. The van der Waals surface area contributed by atoms with Gasteiger partial charge in [0.25, 0.3) is 11.8 Å². The minimum Gasteiger partial charge on any atom is -0.478 e. The second kappa shape index (κ2) is 8.33. The van der Waals surface area contributed by atoms with Crippen LogP contribution < -0.4 is 10.2 Å². The van der Waals surface area contributed by atoms with Crippen LogP contribution in [0.5, 0.6) is 0 Å². The number of urea groups is 1. The van der Waals surface area contributed by atoms with E-state index in [9.17, 15) is 24.3 Å². The van der Waals surface area contributed by atoms with Crippen LogP contribution >= 0.6 is 23.2 Å². The third-order valence-electron chi connectivity index (χ3n) is 4.58. The zero-order chi connectivity index (χ0) is 23.0. The fraction of sp³-hybridized carbons (Fsp3) is 0. The van der Waals surface area contributed by atoms with Gasteiger partial charge in [-0.25, -0.2) is 14.5 Å². The smallest absolute Gasteiger partial charge is 0.335 e. The largest absolute Gasteiger partial charge is 0.478 e. The van der Waals surface area contributed by atoms with Gasteiger partial charge in [-0.1, -0.05) is 23.2 Å². The first-order valence-electron chi connectivity index (χ1n) is 9.04. The van der Waals surface area contributed by atoms with Crippen LogP contribution in [0.4, 0.5) is 10.5 Å². The molecule has 3 aromatic rings. The van der Waals surface area contributed by atoms with Gasteiger partial charge in [-0.05, 0) is 60.7 Å². The van der Waals surface area contributed by atoms with Crippen LogP contribution in [-0.4, -0.2) is 28.9 Å². The lowest BCUT2D eigenvalue weighted by Crippen LogP contribution is -2.54. The van der Waals surface area contributed by atoms with Crippen molar-refractivity contribution in [3.05, 3.63) is 81.5 Å². The molecule has 32 heavy (non-hydrogen) atoms. The summed E-state index contributed by atoms with van der Waals surface area (Å²) in [5.41, 5.74) is 0.242. The van der Waals surface area contributed by atoms with Crippen LogP contribution in [0, 0.1) is 0 Å². The number of halogens is 2. The number of carboxylic acid groups (broad SMARTS) is 1. The van der Waals surface area contributed by atoms with Gasteiger partial charge in [-0.3, -0.25) is 14.9 Å². The first-order valence-corrected chi connectivity index (χ1v) is 9.80. The Balaban J connectivity index is 1.69. The van der Waals surface area contributed by atoms with Crippen LogP contribution in [0.3, 0.4) is 0 Å². The molecule has 0 atom stereocenters. The Morgan fingerprint density at radius 3 is 2.41 bits per heavy atom. The number of nitrogens with zero attached hydrogens (tertiary/aromatic N) is 1. The molecule has 0 bridgehead atoms. The molecule has 1 aromatic heterocycles. The standard InChI is InChI=1S/C22H12Cl2N2O6/c23-12-2-4-13(5-3-12)26-20(28)16(19(27)25-22(26)31)10-14-6-8-18(32-14)15-9-11(21(29)30)1-7-17(15)24/h1-10H,(H,29,30)(H,25,27,31)/b16-10+. The zero-order valence-electron chi connectivity index (χ0n) is 16.0. The van der Waals surface area contributed by atoms with Crippen LogP contribution in [0.25, 0.3) is 17.4 Å². The normalized spacial score (nSPS) is 15.2. The van der Waals surface area contributed by atoms with Crippen molar-refractivity contribution < 1.29 is 28.7 Å². The molecular weight excluding hydrogens is 459 g/mol. The highest BCUT2D eigenvalue weighted by Gasteiger charge is 2.37. The average molecular weight is 471 g/mol. The van der Waals surface area contributed by atoms with Gasteiger partial charge in [0, 0.05) is 10.6 Å². The number of hydrogen-bond donors (Lipinski definition) is 2. The van der Waals surface area contributed by atoms with E-state index in [0.717, 1.165) is 4.90 Å². The molecule has 2 N–H and O–H groups in total. The number of aromatic carboxylic acids is 1. The molecule has 10 heteroatoms. The maximum Gasteiger partial charge on any atom is 0.335 e. The maximum absolute atomic E-state index is 12.9. The van der Waals surface area contributed by atoms with Crippen LogP contribution in [-0.2, 0) is 9.59 Å². The van der Waals surface area contributed by atoms with Crippen molar-refractivity contribution in [2.75, 3.05) is 4.90 Å². The lowest BCUT2D eigenvalue weighted by Gasteiger charge is -2.26. The van der Waals surface area contributed by atoms with Crippen LogP contribution in [0.2, 0.25) is 10.0 Å². The van der Waals surface area contributed by atoms with Crippen molar-refractivity contribution in [1.82, 2.24) is 5.32 Å². The number of imide groups is 2. The number of carbonyl (C=O) groups excluding carboxylic acids is 3. The molecule has 1 aliphatic rings. The third-order valence-corrected chi connectivity index (χ3v) is 5.16. The van der Waals surface area contributed by atoms with E-state index >= 15 is 0 Å². The summed E-state index contributed by atoms with van der Waals surface area (Å²) in [5.74, 6) is -2.49. The van der Waals surface area contributed by atoms with Crippen molar-refractivity contribution in [3.63, 3.8) is 0 Å². The average Bonchev–Trinajstić information content (AvgIpc) is 3.21. The lowest BCUT2D eigenvalue weighted by molar-refractivity contribution is -0.122. The minimum absolute atomic E-state index is 0.0136. The number of rotatable bonds is 4. The molecule has 8 nitrogen and oxygen atoms in total. The Morgan fingerprint density at radius 2 is 1.72 bits per heavy atom. The Kier molecular flexibility index (Phi) is 5.56. The van der Waals surface area contributed by atoms with E-state index in [1.165, 1.54) is 60.7 Å². The Hall–Kier alpha value is -3.88. The van der Waals surface area contributed by atoms with E-state index in [0.29, 0.717) is 10.6 Å². The van der Waals surface area contributed by atoms with E-state index < -0.39 is 23.8 Å². The minimum atomic E-state index is -1.13. The predicted octanol–water partition coefficient (Wildman–Crippen LogP) is 4.62. The van der Waals surface area contributed by atoms with Gasteiger partial charge in [0.05, 0.1) is 16.3 Å². The number of nitrogens with one attached hydrogen (secondary N) is 1. The number of anilines is 1. The summed E-state index contributed by atoms with van der Waals surface area (Å²) in [5, 5.41) is 12.0. The highest BCUT2D eigenvalue weighted by molar-refractivity contribution is 6.39. The predicted molar refractivity (Wildman–Crippen MR) is 117 cm³/mol. The molecule has 1 aliphatic heterocycles. The number of benzene rings is 2. The fourth-order valence-electron chi connectivity index (χ4n) is 3.05.